The predicted octanol–water partition coefficient (Wildman–Crippen LogP) is 2.96. The molecule has 0 aromatic carbocycles. The van der Waals surface area contributed by atoms with Crippen LogP contribution in [-0.2, 0) is 0 Å². The normalized spacial score (nSPS) is 25.4. The average Bonchev–Trinajstić information content (AvgIpc) is 2.30. The van der Waals surface area contributed by atoms with Gasteiger partial charge in [-0.3, -0.25) is 0 Å². The topological polar surface area (TPSA) is 35.0 Å². The van der Waals surface area contributed by atoms with E-state index in [0.717, 1.165) is 12.8 Å². The van der Waals surface area contributed by atoms with Crippen molar-refractivity contribution >= 4 is 0 Å². The van der Waals surface area contributed by atoms with Crippen molar-refractivity contribution in [1.29, 1.82) is 0 Å². The maximum Gasteiger partial charge on any atom is 0.219 e. The quantitative estimate of drug-likeness (QED) is 0.740. The van der Waals surface area contributed by atoms with Gasteiger partial charge in [0.25, 0.3) is 0 Å². The van der Waals surface area contributed by atoms with Crippen molar-refractivity contribution in [3.63, 3.8) is 0 Å². The zero-order valence-electron chi connectivity index (χ0n) is 9.53. The molecule has 1 fully saturated rings. The number of halogens is 1. The fourth-order valence-electron chi connectivity index (χ4n) is 2.33. The lowest BCUT2D eigenvalue weighted by atomic mass is 9.85. The smallest absolute Gasteiger partial charge is 0.219 e. The molecule has 2 atom stereocenters. The summed E-state index contributed by atoms with van der Waals surface area (Å²) < 4.78 is 18.6. The molecule has 3 nitrogen and oxygen atoms in total. The van der Waals surface area contributed by atoms with E-state index in [1.165, 1.54) is 31.7 Å². The van der Waals surface area contributed by atoms with Crippen molar-refractivity contribution in [1.82, 2.24) is 9.97 Å². The van der Waals surface area contributed by atoms with Crippen LogP contribution in [-0.4, -0.2) is 16.1 Å². The molecule has 2 rings (SSSR count). The van der Waals surface area contributed by atoms with Crippen LogP contribution in [0.1, 0.15) is 39.0 Å². The number of aromatic nitrogens is 2. The van der Waals surface area contributed by atoms with Crippen LogP contribution in [0.2, 0.25) is 0 Å². The largest absolute Gasteiger partial charge is 0.474 e. The molecule has 0 saturated heterocycles. The Labute approximate surface area is 95.1 Å². The Hall–Kier alpha value is -1.19. The summed E-state index contributed by atoms with van der Waals surface area (Å²) >= 11 is 0. The van der Waals surface area contributed by atoms with Gasteiger partial charge in [-0.2, -0.15) is 4.39 Å². The van der Waals surface area contributed by atoms with Crippen molar-refractivity contribution in [3.05, 3.63) is 18.3 Å². The first-order valence-electron chi connectivity index (χ1n) is 5.93. The molecular weight excluding hydrogens is 207 g/mol. The molecule has 0 radical (unpaired) electrons. The molecule has 0 bridgehead atoms. The van der Waals surface area contributed by atoms with Crippen LogP contribution in [0.25, 0.3) is 0 Å². The molecule has 4 heteroatoms. The van der Waals surface area contributed by atoms with Crippen molar-refractivity contribution in [2.45, 2.75) is 45.1 Å². The maximum atomic E-state index is 12.9. The summed E-state index contributed by atoms with van der Waals surface area (Å²) in [6.45, 7) is 2.17. The molecule has 1 aliphatic carbocycles. The first-order chi connectivity index (χ1) is 7.79. The van der Waals surface area contributed by atoms with E-state index in [4.69, 9.17) is 4.74 Å². The number of ether oxygens (including phenoxy) is 1. The lowest BCUT2D eigenvalue weighted by Crippen LogP contribution is -2.30. The maximum absolute atomic E-state index is 12.9. The summed E-state index contributed by atoms with van der Waals surface area (Å²) in [6, 6.07) is 1.25. The van der Waals surface area contributed by atoms with Gasteiger partial charge in [0, 0.05) is 0 Å². The second-order valence-electron chi connectivity index (χ2n) is 4.29. The third-order valence-electron chi connectivity index (χ3n) is 3.24. The number of nitrogens with zero attached hydrogens (tertiary/aromatic N) is 2. The predicted molar refractivity (Wildman–Crippen MR) is 58.7 cm³/mol. The highest BCUT2D eigenvalue weighted by Crippen LogP contribution is 2.29. The molecular formula is C12H17FN2O. The third-order valence-corrected chi connectivity index (χ3v) is 3.24. The number of hydrogen-bond acceptors (Lipinski definition) is 3. The Bertz CT molecular complexity index is 346. The highest BCUT2D eigenvalue weighted by atomic mass is 19.1. The molecule has 1 aromatic heterocycles. The van der Waals surface area contributed by atoms with E-state index in [1.807, 2.05) is 0 Å². The van der Waals surface area contributed by atoms with Gasteiger partial charge in [-0.05, 0) is 31.6 Å². The van der Waals surface area contributed by atoms with Gasteiger partial charge in [0.1, 0.15) is 12.4 Å². The van der Waals surface area contributed by atoms with Gasteiger partial charge in [0.05, 0.1) is 6.07 Å². The first kappa shape index (κ1) is 11.3. The summed E-state index contributed by atoms with van der Waals surface area (Å²) in [5, 5.41) is 0. The van der Waals surface area contributed by atoms with Crippen LogP contribution < -0.4 is 4.74 Å². The Morgan fingerprint density at radius 3 is 2.94 bits per heavy atom. The van der Waals surface area contributed by atoms with E-state index in [9.17, 15) is 4.39 Å². The van der Waals surface area contributed by atoms with Crippen LogP contribution in [0.3, 0.4) is 0 Å². The number of hydrogen-bond donors (Lipinski definition) is 0. The molecule has 88 valence electrons. The molecule has 0 amide bonds. The van der Waals surface area contributed by atoms with Crippen molar-refractivity contribution < 1.29 is 9.13 Å². The molecule has 0 spiro atoms. The second-order valence-corrected chi connectivity index (χ2v) is 4.29. The van der Waals surface area contributed by atoms with Crippen molar-refractivity contribution in [2.75, 3.05) is 0 Å². The van der Waals surface area contributed by atoms with Gasteiger partial charge in [-0.1, -0.05) is 13.3 Å². The minimum Gasteiger partial charge on any atom is -0.474 e. The van der Waals surface area contributed by atoms with E-state index >= 15 is 0 Å². The Morgan fingerprint density at radius 1 is 1.38 bits per heavy atom. The third kappa shape index (κ3) is 2.68. The fraction of sp³-hybridized carbons (Fsp3) is 0.667. The van der Waals surface area contributed by atoms with Gasteiger partial charge < -0.3 is 4.74 Å². The number of rotatable bonds is 3. The first-order valence-corrected chi connectivity index (χ1v) is 5.93. The molecule has 1 aromatic rings. The minimum atomic E-state index is -0.533. The van der Waals surface area contributed by atoms with Crippen LogP contribution in [0, 0.1) is 11.9 Å². The van der Waals surface area contributed by atoms with E-state index in [2.05, 4.69) is 16.9 Å². The Morgan fingerprint density at radius 2 is 2.19 bits per heavy atom. The van der Waals surface area contributed by atoms with Gasteiger partial charge in [-0.15, -0.1) is 0 Å². The van der Waals surface area contributed by atoms with Crippen molar-refractivity contribution in [3.8, 4) is 5.88 Å². The summed E-state index contributed by atoms with van der Waals surface area (Å²) in [4.78, 5) is 7.34. The minimum absolute atomic E-state index is 0.188. The Kier molecular flexibility index (Phi) is 3.70. The van der Waals surface area contributed by atoms with Crippen LogP contribution in [0.5, 0.6) is 5.88 Å². The zero-order valence-corrected chi connectivity index (χ0v) is 9.53. The highest BCUT2D eigenvalue weighted by Gasteiger charge is 2.25. The molecule has 2 unspecified atom stereocenters. The SMILES string of the molecule is CCC1CCCCC1Oc1cc(F)ncn1. The fourth-order valence-corrected chi connectivity index (χ4v) is 2.33. The van der Waals surface area contributed by atoms with Gasteiger partial charge in [0.2, 0.25) is 11.8 Å². The van der Waals surface area contributed by atoms with Crippen LogP contribution >= 0.6 is 0 Å². The monoisotopic (exact) mass is 224 g/mol. The summed E-state index contributed by atoms with van der Waals surface area (Å²) in [7, 11) is 0. The van der Waals surface area contributed by atoms with E-state index < -0.39 is 5.95 Å². The van der Waals surface area contributed by atoms with Crippen LogP contribution in [0.15, 0.2) is 12.4 Å². The standard InChI is InChI=1S/C12H17FN2O/c1-2-9-5-3-4-6-10(9)16-12-7-11(13)14-8-15-12/h7-10H,2-6H2,1H3. The molecule has 1 heterocycles. The van der Waals surface area contributed by atoms with Gasteiger partial charge in [-0.25, -0.2) is 9.97 Å². The molecule has 0 aliphatic heterocycles. The van der Waals surface area contributed by atoms with Crippen LogP contribution in [0.4, 0.5) is 4.39 Å². The van der Waals surface area contributed by atoms with E-state index in [-0.39, 0.29) is 6.10 Å². The molecule has 0 N–H and O–H groups in total. The van der Waals surface area contributed by atoms with Gasteiger partial charge >= 0.3 is 0 Å². The lowest BCUT2D eigenvalue weighted by molar-refractivity contribution is 0.0852. The highest BCUT2D eigenvalue weighted by molar-refractivity contribution is 5.07. The van der Waals surface area contributed by atoms with E-state index in [1.54, 1.807) is 0 Å². The summed E-state index contributed by atoms with van der Waals surface area (Å²) in [6.07, 6.45) is 7.21. The van der Waals surface area contributed by atoms with E-state index in [0.29, 0.717) is 11.8 Å². The molecule has 1 aliphatic rings. The zero-order chi connectivity index (χ0) is 11.4. The molecule has 1 saturated carbocycles. The van der Waals surface area contributed by atoms with Gasteiger partial charge in [0.15, 0.2) is 0 Å². The lowest BCUT2D eigenvalue weighted by Gasteiger charge is -2.30. The summed E-state index contributed by atoms with van der Waals surface area (Å²) in [5.74, 6) is 0.401. The average molecular weight is 224 g/mol. The molecule has 16 heavy (non-hydrogen) atoms. The second kappa shape index (κ2) is 5.23. The van der Waals surface area contributed by atoms with Crippen molar-refractivity contribution in [2.24, 2.45) is 5.92 Å². The summed E-state index contributed by atoms with van der Waals surface area (Å²) in [5.41, 5.74) is 0. The Balaban J connectivity index is 2.02.